The Balaban J connectivity index is 2.54. The normalized spacial score (nSPS) is 19.3. The second-order valence-corrected chi connectivity index (χ2v) is 4.99. The standard InChI is InChI=1S/C13H15N3O2S/c1-7-4-3-5-9(12(14)19)11(7)16-6-10(17)15-13(18)8(16)2/h3-5,8H,6H2,1-2H3,(H2,14,19)(H,15,17,18). The van der Waals surface area contributed by atoms with E-state index in [1.165, 1.54) is 0 Å². The molecule has 1 heterocycles. The lowest BCUT2D eigenvalue weighted by Crippen LogP contribution is -2.57. The molecule has 0 radical (unpaired) electrons. The van der Waals surface area contributed by atoms with Crippen molar-refractivity contribution in [3.05, 3.63) is 29.3 Å². The molecular formula is C13H15N3O2S. The third kappa shape index (κ3) is 2.44. The number of carbonyl (C=O) groups is 2. The van der Waals surface area contributed by atoms with Crippen molar-refractivity contribution in [2.24, 2.45) is 5.73 Å². The molecule has 1 aromatic rings. The molecule has 0 spiro atoms. The van der Waals surface area contributed by atoms with Crippen LogP contribution in [0.1, 0.15) is 18.1 Å². The monoisotopic (exact) mass is 277 g/mol. The Hall–Kier alpha value is -1.95. The van der Waals surface area contributed by atoms with Crippen molar-refractivity contribution in [3.63, 3.8) is 0 Å². The number of rotatable bonds is 2. The summed E-state index contributed by atoms with van der Waals surface area (Å²) in [6, 6.07) is 5.12. The molecule has 2 rings (SSSR count). The van der Waals surface area contributed by atoms with Crippen LogP contribution in [-0.4, -0.2) is 29.4 Å². The lowest BCUT2D eigenvalue weighted by atomic mass is 10.0. The van der Waals surface area contributed by atoms with E-state index in [1.807, 2.05) is 19.1 Å². The molecule has 1 fully saturated rings. The molecule has 5 nitrogen and oxygen atoms in total. The second kappa shape index (κ2) is 4.97. The average Bonchev–Trinajstić information content (AvgIpc) is 2.33. The van der Waals surface area contributed by atoms with Crippen LogP contribution in [0.25, 0.3) is 0 Å². The molecule has 19 heavy (non-hydrogen) atoms. The van der Waals surface area contributed by atoms with E-state index in [9.17, 15) is 9.59 Å². The number of nitrogens with one attached hydrogen (secondary N) is 1. The largest absolute Gasteiger partial charge is 0.389 e. The molecule has 0 bridgehead atoms. The quantitative estimate of drug-likeness (QED) is 0.607. The van der Waals surface area contributed by atoms with E-state index in [-0.39, 0.29) is 23.3 Å². The molecule has 0 aliphatic carbocycles. The average molecular weight is 277 g/mol. The highest BCUT2D eigenvalue weighted by Crippen LogP contribution is 2.28. The van der Waals surface area contributed by atoms with Gasteiger partial charge in [0.15, 0.2) is 0 Å². The smallest absolute Gasteiger partial charge is 0.249 e. The molecule has 0 aromatic heterocycles. The van der Waals surface area contributed by atoms with Gasteiger partial charge in [-0.15, -0.1) is 0 Å². The first-order valence-electron chi connectivity index (χ1n) is 5.91. The zero-order chi connectivity index (χ0) is 14.2. The summed E-state index contributed by atoms with van der Waals surface area (Å²) in [5.41, 5.74) is 8.09. The Labute approximate surface area is 116 Å². The Bertz CT molecular complexity index is 571. The number of hydrogen-bond acceptors (Lipinski definition) is 4. The number of thiocarbonyl (C=S) groups is 1. The van der Waals surface area contributed by atoms with Crippen LogP contribution in [0.4, 0.5) is 5.69 Å². The van der Waals surface area contributed by atoms with E-state index in [0.29, 0.717) is 5.56 Å². The molecule has 1 aromatic carbocycles. The van der Waals surface area contributed by atoms with Crippen LogP contribution >= 0.6 is 12.2 Å². The number of para-hydroxylation sites is 1. The fourth-order valence-electron chi connectivity index (χ4n) is 2.23. The van der Waals surface area contributed by atoms with Gasteiger partial charge in [-0.1, -0.05) is 24.4 Å². The van der Waals surface area contributed by atoms with Gasteiger partial charge in [0, 0.05) is 5.56 Å². The van der Waals surface area contributed by atoms with Crippen LogP contribution in [0.3, 0.4) is 0 Å². The molecule has 1 atom stereocenters. The Kier molecular flexibility index (Phi) is 3.53. The number of carbonyl (C=O) groups excluding carboxylic acids is 2. The minimum Gasteiger partial charge on any atom is -0.389 e. The van der Waals surface area contributed by atoms with Gasteiger partial charge in [-0.2, -0.15) is 0 Å². The third-order valence-corrected chi connectivity index (χ3v) is 3.43. The van der Waals surface area contributed by atoms with E-state index in [4.69, 9.17) is 18.0 Å². The number of benzene rings is 1. The molecule has 1 aliphatic heterocycles. The van der Waals surface area contributed by atoms with Crippen molar-refractivity contribution in [1.29, 1.82) is 0 Å². The van der Waals surface area contributed by atoms with Crippen LogP contribution in [0.2, 0.25) is 0 Å². The first-order chi connectivity index (χ1) is 8.91. The molecule has 1 unspecified atom stereocenters. The predicted molar refractivity (Wildman–Crippen MR) is 77.0 cm³/mol. The molecule has 6 heteroatoms. The van der Waals surface area contributed by atoms with Crippen LogP contribution in [0.15, 0.2) is 18.2 Å². The topological polar surface area (TPSA) is 75.4 Å². The van der Waals surface area contributed by atoms with E-state index >= 15 is 0 Å². The minimum absolute atomic E-state index is 0.118. The molecule has 1 aliphatic rings. The van der Waals surface area contributed by atoms with Crippen molar-refractivity contribution >= 4 is 34.7 Å². The highest BCUT2D eigenvalue weighted by Gasteiger charge is 2.32. The van der Waals surface area contributed by atoms with E-state index in [2.05, 4.69) is 5.32 Å². The highest BCUT2D eigenvalue weighted by molar-refractivity contribution is 7.80. The predicted octanol–water partition coefficient (Wildman–Crippen LogP) is 0.481. The summed E-state index contributed by atoms with van der Waals surface area (Å²) in [6.45, 7) is 3.77. The maximum absolute atomic E-state index is 11.7. The summed E-state index contributed by atoms with van der Waals surface area (Å²) in [4.78, 5) is 25.3. The summed E-state index contributed by atoms with van der Waals surface area (Å²) < 4.78 is 0. The lowest BCUT2D eigenvalue weighted by molar-refractivity contribution is -0.132. The van der Waals surface area contributed by atoms with Crippen molar-refractivity contribution in [2.75, 3.05) is 11.4 Å². The summed E-state index contributed by atoms with van der Waals surface area (Å²) in [5, 5.41) is 2.31. The van der Waals surface area contributed by atoms with Crippen LogP contribution in [-0.2, 0) is 9.59 Å². The summed E-state index contributed by atoms with van der Waals surface area (Å²) in [5.74, 6) is -0.631. The Morgan fingerprint density at radius 2 is 2.16 bits per heavy atom. The molecule has 100 valence electrons. The van der Waals surface area contributed by atoms with E-state index in [1.54, 1.807) is 17.9 Å². The van der Waals surface area contributed by atoms with Gasteiger partial charge in [-0.05, 0) is 25.5 Å². The number of nitrogens with zero attached hydrogens (tertiary/aromatic N) is 1. The van der Waals surface area contributed by atoms with Gasteiger partial charge in [-0.25, -0.2) is 0 Å². The number of nitrogens with two attached hydrogens (primary N) is 1. The molecular weight excluding hydrogens is 262 g/mol. The number of piperazine rings is 1. The molecule has 2 amide bonds. The van der Waals surface area contributed by atoms with Gasteiger partial charge >= 0.3 is 0 Å². The summed E-state index contributed by atoms with van der Waals surface area (Å²) >= 11 is 5.04. The molecule has 0 saturated carbocycles. The minimum atomic E-state index is -0.438. The maximum atomic E-state index is 11.7. The number of anilines is 1. The second-order valence-electron chi connectivity index (χ2n) is 4.55. The van der Waals surface area contributed by atoms with Crippen molar-refractivity contribution in [2.45, 2.75) is 19.9 Å². The lowest BCUT2D eigenvalue weighted by Gasteiger charge is -2.35. The third-order valence-electron chi connectivity index (χ3n) is 3.21. The Morgan fingerprint density at radius 3 is 2.79 bits per heavy atom. The van der Waals surface area contributed by atoms with Gasteiger partial charge in [0.25, 0.3) is 0 Å². The zero-order valence-electron chi connectivity index (χ0n) is 10.8. The number of imide groups is 1. The molecule has 1 saturated heterocycles. The first-order valence-corrected chi connectivity index (χ1v) is 6.32. The van der Waals surface area contributed by atoms with Gasteiger partial charge in [0.1, 0.15) is 11.0 Å². The van der Waals surface area contributed by atoms with Crippen molar-refractivity contribution in [3.8, 4) is 0 Å². The van der Waals surface area contributed by atoms with Gasteiger partial charge in [0.2, 0.25) is 11.8 Å². The van der Waals surface area contributed by atoms with E-state index < -0.39 is 6.04 Å². The first kappa shape index (κ1) is 13.5. The van der Waals surface area contributed by atoms with Crippen LogP contribution in [0.5, 0.6) is 0 Å². The van der Waals surface area contributed by atoms with Crippen molar-refractivity contribution < 1.29 is 9.59 Å². The highest BCUT2D eigenvalue weighted by atomic mass is 32.1. The summed E-state index contributed by atoms with van der Waals surface area (Å²) in [7, 11) is 0. The fourth-order valence-corrected chi connectivity index (χ4v) is 2.39. The Morgan fingerprint density at radius 1 is 1.47 bits per heavy atom. The fraction of sp³-hybridized carbons (Fsp3) is 0.308. The number of hydrogen-bond donors (Lipinski definition) is 2. The van der Waals surface area contributed by atoms with E-state index in [0.717, 1.165) is 11.3 Å². The van der Waals surface area contributed by atoms with Gasteiger partial charge in [-0.3, -0.25) is 14.9 Å². The van der Waals surface area contributed by atoms with Gasteiger partial charge in [0.05, 0.1) is 12.2 Å². The zero-order valence-corrected chi connectivity index (χ0v) is 11.6. The van der Waals surface area contributed by atoms with Crippen LogP contribution < -0.4 is 16.0 Å². The molecule has 3 N–H and O–H groups in total. The number of aryl methyl sites for hydroxylation is 1. The SMILES string of the molecule is Cc1cccc(C(N)=S)c1N1CC(=O)NC(=O)C1C. The van der Waals surface area contributed by atoms with Crippen LogP contribution in [0, 0.1) is 6.92 Å². The maximum Gasteiger partial charge on any atom is 0.249 e. The number of amides is 2. The summed E-state index contributed by atoms with van der Waals surface area (Å²) in [6.07, 6.45) is 0. The van der Waals surface area contributed by atoms with Gasteiger partial charge < -0.3 is 10.6 Å². The van der Waals surface area contributed by atoms with Crippen molar-refractivity contribution in [1.82, 2.24) is 5.32 Å².